The van der Waals surface area contributed by atoms with Gasteiger partial charge < -0.3 is 24.4 Å². The van der Waals surface area contributed by atoms with Crippen molar-refractivity contribution >= 4 is 17.8 Å². The zero-order chi connectivity index (χ0) is 26.9. The quantitative estimate of drug-likeness (QED) is 0.248. The average molecular weight is 507 g/mol. The summed E-state index contributed by atoms with van der Waals surface area (Å²) >= 11 is 0. The zero-order valence-corrected chi connectivity index (χ0v) is 23.0. The lowest BCUT2D eigenvalue weighted by atomic mass is 9.70. The van der Waals surface area contributed by atoms with E-state index in [4.69, 9.17) is 9.47 Å². The molecule has 0 radical (unpaired) electrons. The fraction of sp³-hybridized carbons (Fsp3) is 0.821. The number of aliphatic hydroxyl groups is 1. The molecular formula is C28H46N2O6. The molecule has 3 heterocycles. The van der Waals surface area contributed by atoms with Gasteiger partial charge in [0.15, 0.2) is 0 Å². The Morgan fingerprint density at radius 2 is 1.94 bits per heavy atom. The largest absolute Gasteiger partial charge is 0.466 e. The second kappa shape index (κ2) is 10.8. The van der Waals surface area contributed by atoms with Gasteiger partial charge in [-0.3, -0.25) is 14.4 Å². The van der Waals surface area contributed by atoms with Crippen LogP contribution >= 0.6 is 0 Å². The Bertz CT molecular complexity index is 849. The van der Waals surface area contributed by atoms with Crippen molar-refractivity contribution in [1.29, 1.82) is 0 Å². The summed E-state index contributed by atoms with van der Waals surface area (Å²) in [6.45, 7) is 17.3. The number of rotatable bonds is 12. The molecule has 8 heteroatoms. The standard InChI is InChI=1S/C28H46N2O6/c1-8-15-30(27(6,7)18-26(3,4)5)24(33)22-28-14-13-19(36-28)20(25(34)35-9-2)21(28)23(32)29(22)16-11-10-12-17-31/h8,19-22,31H,1,9-18H2,2-7H3/t19-,20+,21-,22?,28?/m0/s1. The third-order valence-electron chi connectivity index (χ3n) is 7.92. The Kier molecular flexibility index (Phi) is 8.61. The van der Waals surface area contributed by atoms with Gasteiger partial charge in [0.05, 0.1) is 24.5 Å². The highest BCUT2D eigenvalue weighted by Gasteiger charge is 2.75. The number of aliphatic hydroxyl groups excluding tert-OH is 1. The molecule has 36 heavy (non-hydrogen) atoms. The van der Waals surface area contributed by atoms with E-state index in [2.05, 4.69) is 41.2 Å². The summed E-state index contributed by atoms with van der Waals surface area (Å²) in [6.07, 6.45) is 5.34. The van der Waals surface area contributed by atoms with Crippen LogP contribution in [0.25, 0.3) is 0 Å². The summed E-state index contributed by atoms with van der Waals surface area (Å²) in [5, 5.41) is 9.20. The molecule has 1 N–H and O–H groups in total. The first kappa shape index (κ1) is 28.6. The highest BCUT2D eigenvalue weighted by molar-refractivity contribution is 5.98. The van der Waals surface area contributed by atoms with E-state index in [0.29, 0.717) is 38.8 Å². The van der Waals surface area contributed by atoms with Gasteiger partial charge in [0, 0.05) is 25.2 Å². The van der Waals surface area contributed by atoms with Crippen LogP contribution < -0.4 is 0 Å². The van der Waals surface area contributed by atoms with Crippen molar-refractivity contribution in [3.8, 4) is 0 Å². The van der Waals surface area contributed by atoms with Gasteiger partial charge in [-0.1, -0.05) is 26.8 Å². The average Bonchev–Trinajstić information content (AvgIpc) is 3.40. The minimum Gasteiger partial charge on any atom is -0.466 e. The molecule has 2 unspecified atom stereocenters. The molecule has 204 valence electrons. The lowest BCUT2D eigenvalue weighted by Gasteiger charge is -2.45. The number of unbranched alkanes of at least 4 members (excludes halogenated alkanes) is 2. The minimum atomic E-state index is -1.02. The molecule has 0 aliphatic carbocycles. The molecule has 8 nitrogen and oxygen atoms in total. The van der Waals surface area contributed by atoms with Gasteiger partial charge in [0.2, 0.25) is 11.8 Å². The van der Waals surface area contributed by atoms with Crippen LogP contribution in [0.15, 0.2) is 12.7 Å². The van der Waals surface area contributed by atoms with E-state index in [-0.39, 0.29) is 30.4 Å². The molecule has 3 rings (SSSR count). The number of likely N-dealkylation sites (tertiary alicyclic amines) is 1. The third-order valence-corrected chi connectivity index (χ3v) is 7.92. The Balaban J connectivity index is 2.02. The van der Waals surface area contributed by atoms with Crippen LogP contribution in [0.3, 0.4) is 0 Å². The van der Waals surface area contributed by atoms with Crippen LogP contribution in [-0.2, 0) is 23.9 Å². The summed E-state index contributed by atoms with van der Waals surface area (Å²) in [7, 11) is 0. The Labute approximate surface area is 216 Å². The Hall–Kier alpha value is -1.93. The van der Waals surface area contributed by atoms with Crippen LogP contribution in [0.2, 0.25) is 0 Å². The molecule has 2 bridgehead atoms. The van der Waals surface area contributed by atoms with E-state index >= 15 is 0 Å². The van der Waals surface area contributed by atoms with Crippen molar-refractivity contribution < 1.29 is 29.0 Å². The number of amides is 2. The summed E-state index contributed by atoms with van der Waals surface area (Å²) < 4.78 is 11.8. The van der Waals surface area contributed by atoms with Gasteiger partial charge in [-0.05, 0) is 64.7 Å². The molecule has 0 aromatic heterocycles. The smallest absolute Gasteiger partial charge is 0.312 e. The number of hydrogen-bond donors (Lipinski definition) is 1. The normalized spacial score (nSPS) is 29.4. The molecule has 0 saturated carbocycles. The summed E-state index contributed by atoms with van der Waals surface area (Å²) in [5.74, 6) is -2.14. The van der Waals surface area contributed by atoms with Crippen molar-refractivity contribution in [2.45, 2.75) is 103 Å². The van der Waals surface area contributed by atoms with Crippen LogP contribution in [0, 0.1) is 17.3 Å². The molecular weight excluding hydrogens is 460 g/mol. The maximum absolute atomic E-state index is 14.5. The lowest BCUT2D eigenvalue weighted by Crippen LogP contribution is -2.61. The maximum atomic E-state index is 14.5. The SMILES string of the molecule is C=CCN(C(=O)C1N(CCCCCO)C(=O)[C@@H]2[C@H](C(=O)OCC)[C@@H]3CCC12O3)C(C)(C)CC(C)(C)C. The van der Waals surface area contributed by atoms with Gasteiger partial charge in [-0.2, -0.15) is 0 Å². The van der Waals surface area contributed by atoms with Gasteiger partial charge >= 0.3 is 5.97 Å². The van der Waals surface area contributed by atoms with E-state index < -0.39 is 41.1 Å². The van der Waals surface area contributed by atoms with Gasteiger partial charge in [-0.25, -0.2) is 0 Å². The van der Waals surface area contributed by atoms with E-state index in [1.807, 2.05) is 4.90 Å². The monoisotopic (exact) mass is 506 g/mol. The first-order valence-corrected chi connectivity index (χ1v) is 13.5. The molecule has 1 spiro atoms. The number of hydrogen-bond acceptors (Lipinski definition) is 6. The zero-order valence-electron chi connectivity index (χ0n) is 23.0. The highest BCUT2D eigenvalue weighted by Crippen LogP contribution is 2.59. The van der Waals surface area contributed by atoms with E-state index in [0.717, 1.165) is 12.8 Å². The second-order valence-electron chi connectivity index (χ2n) is 12.4. The van der Waals surface area contributed by atoms with Crippen LogP contribution in [-0.4, -0.2) is 82.3 Å². The maximum Gasteiger partial charge on any atom is 0.312 e. The summed E-state index contributed by atoms with van der Waals surface area (Å²) in [4.78, 5) is 44.9. The highest BCUT2D eigenvalue weighted by atomic mass is 16.6. The first-order chi connectivity index (χ1) is 16.8. The third kappa shape index (κ3) is 5.21. The van der Waals surface area contributed by atoms with Gasteiger partial charge in [0.1, 0.15) is 11.6 Å². The van der Waals surface area contributed by atoms with E-state index in [1.165, 1.54) is 0 Å². The number of ether oxygens (including phenoxy) is 2. The van der Waals surface area contributed by atoms with Crippen molar-refractivity contribution in [3.05, 3.63) is 12.7 Å². The van der Waals surface area contributed by atoms with Gasteiger partial charge in [0.25, 0.3) is 0 Å². The van der Waals surface area contributed by atoms with E-state index in [9.17, 15) is 19.5 Å². The van der Waals surface area contributed by atoms with Crippen molar-refractivity contribution in [2.75, 3.05) is 26.3 Å². The molecule has 2 amide bonds. The van der Waals surface area contributed by atoms with Crippen LogP contribution in [0.5, 0.6) is 0 Å². The lowest BCUT2D eigenvalue weighted by molar-refractivity contribution is -0.155. The number of carbonyl (C=O) groups is 3. The fourth-order valence-corrected chi connectivity index (χ4v) is 7.06. The molecule has 3 aliphatic rings. The van der Waals surface area contributed by atoms with Gasteiger partial charge in [-0.15, -0.1) is 6.58 Å². The van der Waals surface area contributed by atoms with Crippen LogP contribution in [0.4, 0.5) is 0 Å². The Morgan fingerprint density at radius 1 is 1.25 bits per heavy atom. The molecule has 0 aromatic rings. The van der Waals surface area contributed by atoms with Crippen LogP contribution in [0.1, 0.15) is 80.1 Å². The number of carbonyl (C=O) groups excluding carboxylic acids is 3. The summed E-state index contributed by atoms with van der Waals surface area (Å²) in [5.41, 5.74) is -1.53. The molecule has 0 aromatic carbocycles. The number of nitrogens with zero attached hydrogens (tertiary/aromatic N) is 2. The minimum absolute atomic E-state index is 0.0170. The van der Waals surface area contributed by atoms with E-state index in [1.54, 1.807) is 17.9 Å². The molecule has 3 aliphatic heterocycles. The second-order valence-corrected chi connectivity index (χ2v) is 12.4. The predicted molar refractivity (Wildman–Crippen MR) is 137 cm³/mol. The topological polar surface area (TPSA) is 96.4 Å². The first-order valence-electron chi connectivity index (χ1n) is 13.5. The number of esters is 1. The molecule has 3 fully saturated rings. The molecule has 5 atom stereocenters. The fourth-order valence-electron chi connectivity index (χ4n) is 7.06. The Morgan fingerprint density at radius 3 is 2.53 bits per heavy atom. The van der Waals surface area contributed by atoms with Crippen molar-refractivity contribution in [3.63, 3.8) is 0 Å². The number of fused-ring (bicyclic) bond motifs is 1. The summed E-state index contributed by atoms with van der Waals surface area (Å²) in [6, 6.07) is -0.798. The van der Waals surface area contributed by atoms with Crippen molar-refractivity contribution in [2.24, 2.45) is 17.3 Å². The predicted octanol–water partition coefficient (Wildman–Crippen LogP) is 3.32. The molecule has 3 saturated heterocycles. The van der Waals surface area contributed by atoms with Crippen molar-refractivity contribution in [1.82, 2.24) is 9.80 Å².